The Balaban J connectivity index is 2.98. The smallest absolute Gasteiger partial charge is 0.109 e. The van der Waals surface area contributed by atoms with Crippen molar-refractivity contribution in [3.05, 3.63) is 11.1 Å². The Morgan fingerprint density at radius 2 is 2.07 bits per heavy atom. The summed E-state index contributed by atoms with van der Waals surface area (Å²) in [5.41, 5.74) is 2.16. The summed E-state index contributed by atoms with van der Waals surface area (Å²) in [4.78, 5) is 0. The summed E-state index contributed by atoms with van der Waals surface area (Å²) < 4.78 is 5.68. The fourth-order valence-corrected chi connectivity index (χ4v) is 1.91. The highest BCUT2D eigenvalue weighted by Crippen LogP contribution is 2.34. The summed E-state index contributed by atoms with van der Waals surface area (Å²) in [6.07, 6.45) is 0.666. The van der Waals surface area contributed by atoms with Crippen molar-refractivity contribution in [2.24, 2.45) is 5.41 Å². The van der Waals surface area contributed by atoms with Crippen LogP contribution in [0.5, 0.6) is 0 Å². The van der Waals surface area contributed by atoms with Crippen molar-refractivity contribution in [2.45, 2.75) is 46.2 Å². The first kappa shape index (κ1) is 11.8. The molecular formula is C11H19BO2. The Morgan fingerprint density at radius 3 is 2.50 bits per heavy atom. The number of hydrogen-bond donors (Lipinski definition) is 1. The van der Waals surface area contributed by atoms with Gasteiger partial charge in [0, 0.05) is 6.00 Å². The molecule has 3 heteroatoms. The number of aliphatic hydroxyl groups is 1. The lowest BCUT2D eigenvalue weighted by Crippen LogP contribution is -2.40. The molecule has 14 heavy (non-hydrogen) atoms. The highest BCUT2D eigenvalue weighted by Gasteiger charge is 2.33. The van der Waals surface area contributed by atoms with Crippen LogP contribution in [0.1, 0.15) is 34.1 Å². The van der Waals surface area contributed by atoms with Crippen molar-refractivity contribution in [1.29, 1.82) is 0 Å². The molecule has 0 aromatic carbocycles. The molecular weight excluding hydrogens is 175 g/mol. The van der Waals surface area contributed by atoms with E-state index in [0.717, 1.165) is 12.0 Å². The second-order valence-corrected chi connectivity index (χ2v) is 5.09. The summed E-state index contributed by atoms with van der Waals surface area (Å²) in [5.74, 6) is 0. The van der Waals surface area contributed by atoms with E-state index in [1.807, 2.05) is 6.92 Å². The van der Waals surface area contributed by atoms with Crippen molar-refractivity contribution >= 4 is 7.85 Å². The monoisotopic (exact) mass is 194 g/mol. The predicted octanol–water partition coefficient (Wildman–Crippen LogP) is 1.62. The predicted molar refractivity (Wildman–Crippen MR) is 58.3 cm³/mol. The minimum absolute atomic E-state index is 0.0165. The zero-order chi connectivity index (χ0) is 10.9. The first-order valence-electron chi connectivity index (χ1n) is 5.06. The Kier molecular flexibility index (Phi) is 3.43. The highest BCUT2D eigenvalue weighted by atomic mass is 16.5. The van der Waals surface area contributed by atoms with Crippen LogP contribution in [0.4, 0.5) is 0 Å². The summed E-state index contributed by atoms with van der Waals surface area (Å²) in [7, 11) is 5.79. The van der Waals surface area contributed by atoms with Gasteiger partial charge in [-0.3, -0.25) is 0 Å². The zero-order valence-electron chi connectivity index (χ0n) is 9.50. The molecule has 0 aliphatic carbocycles. The molecule has 0 spiro atoms. The van der Waals surface area contributed by atoms with E-state index in [1.165, 1.54) is 5.57 Å². The van der Waals surface area contributed by atoms with Gasteiger partial charge in [0.25, 0.3) is 0 Å². The third-order valence-corrected chi connectivity index (χ3v) is 2.64. The first-order chi connectivity index (χ1) is 6.36. The van der Waals surface area contributed by atoms with Crippen LogP contribution in [-0.2, 0) is 4.74 Å². The van der Waals surface area contributed by atoms with Gasteiger partial charge < -0.3 is 9.84 Å². The summed E-state index contributed by atoms with van der Waals surface area (Å²) >= 11 is 0. The molecule has 0 amide bonds. The van der Waals surface area contributed by atoms with Crippen LogP contribution in [0.25, 0.3) is 0 Å². The van der Waals surface area contributed by atoms with Crippen molar-refractivity contribution < 1.29 is 9.84 Å². The molecule has 0 aromatic rings. The minimum Gasteiger partial charge on any atom is -0.392 e. The molecule has 1 aliphatic rings. The molecule has 0 bridgehead atoms. The Labute approximate surface area is 87.8 Å². The van der Waals surface area contributed by atoms with Crippen LogP contribution in [0, 0.1) is 5.41 Å². The topological polar surface area (TPSA) is 29.5 Å². The van der Waals surface area contributed by atoms with Crippen LogP contribution in [0.3, 0.4) is 0 Å². The summed E-state index contributed by atoms with van der Waals surface area (Å²) in [6.45, 7) is 8.38. The third kappa shape index (κ3) is 2.40. The lowest BCUT2D eigenvalue weighted by molar-refractivity contribution is -0.0268. The Hall–Kier alpha value is -0.275. The molecule has 1 heterocycles. The Bertz CT molecular complexity index is 240. The van der Waals surface area contributed by atoms with Crippen molar-refractivity contribution in [3.8, 4) is 0 Å². The molecule has 0 saturated carbocycles. The van der Waals surface area contributed by atoms with Gasteiger partial charge in [-0.05, 0) is 24.3 Å². The van der Waals surface area contributed by atoms with E-state index in [-0.39, 0.29) is 24.1 Å². The molecule has 0 aromatic heterocycles. The van der Waals surface area contributed by atoms with Gasteiger partial charge in [-0.15, -0.1) is 0 Å². The van der Waals surface area contributed by atoms with Crippen LogP contribution in [-0.4, -0.2) is 31.7 Å². The molecule has 1 N–H and O–H groups in total. The second kappa shape index (κ2) is 4.07. The second-order valence-electron chi connectivity index (χ2n) is 5.09. The molecule has 78 valence electrons. The van der Waals surface area contributed by atoms with E-state index in [2.05, 4.69) is 20.8 Å². The normalized spacial score (nSPS) is 29.5. The molecule has 1 rings (SSSR count). The fourth-order valence-electron chi connectivity index (χ4n) is 1.91. The van der Waals surface area contributed by atoms with Crippen LogP contribution >= 0.6 is 0 Å². The van der Waals surface area contributed by atoms with Crippen LogP contribution in [0.2, 0.25) is 0 Å². The van der Waals surface area contributed by atoms with Gasteiger partial charge in [0.15, 0.2) is 0 Å². The molecule has 2 atom stereocenters. The minimum atomic E-state index is -0.227. The van der Waals surface area contributed by atoms with E-state index in [9.17, 15) is 5.11 Å². The lowest BCUT2D eigenvalue weighted by atomic mass is 9.78. The number of aliphatic hydroxyl groups excluding tert-OH is 1. The maximum absolute atomic E-state index is 9.30. The molecule has 0 fully saturated rings. The molecule has 2 nitrogen and oxygen atoms in total. The molecule has 2 radical (unpaired) electrons. The van der Waals surface area contributed by atoms with E-state index in [1.54, 1.807) is 0 Å². The maximum atomic E-state index is 9.30. The summed E-state index contributed by atoms with van der Waals surface area (Å²) in [6, 6.07) is -0.227. The van der Waals surface area contributed by atoms with E-state index < -0.39 is 0 Å². The summed E-state index contributed by atoms with van der Waals surface area (Å²) in [5, 5.41) is 9.30. The van der Waals surface area contributed by atoms with Gasteiger partial charge in [0.1, 0.15) is 7.85 Å². The lowest BCUT2D eigenvalue weighted by Gasteiger charge is -2.39. The molecule has 0 saturated heterocycles. The first-order valence-corrected chi connectivity index (χ1v) is 5.06. The average Bonchev–Trinajstić information content (AvgIpc) is 2.01. The number of hydrogen-bond acceptors (Lipinski definition) is 2. The van der Waals surface area contributed by atoms with Gasteiger partial charge in [0.2, 0.25) is 0 Å². The third-order valence-electron chi connectivity index (χ3n) is 2.64. The standard InChI is InChI=1S/C11H19BO2/c1-7-5-9(12)14-10(8(7)6-13)11(2,3)4/h9-10,13H,5-6H2,1-4H3/t9-,10+/m1/s1. The van der Waals surface area contributed by atoms with E-state index in [4.69, 9.17) is 12.6 Å². The average molecular weight is 194 g/mol. The van der Waals surface area contributed by atoms with Gasteiger partial charge in [-0.2, -0.15) is 0 Å². The quantitative estimate of drug-likeness (QED) is 0.507. The van der Waals surface area contributed by atoms with Gasteiger partial charge in [-0.1, -0.05) is 26.3 Å². The van der Waals surface area contributed by atoms with Crippen molar-refractivity contribution in [2.75, 3.05) is 6.61 Å². The molecule has 1 aliphatic heterocycles. The van der Waals surface area contributed by atoms with Gasteiger partial charge in [0.05, 0.1) is 12.7 Å². The molecule has 0 unspecified atom stereocenters. The van der Waals surface area contributed by atoms with Crippen LogP contribution < -0.4 is 0 Å². The van der Waals surface area contributed by atoms with Crippen molar-refractivity contribution in [3.63, 3.8) is 0 Å². The zero-order valence-corrected chi connectivity index (χ0v) is 9.50. The maximum Gasteiger partial charge on any atom is 0.109 e. The Morgan fingerprint density at radius 1 is 1.50 bits per heavy atom. The van der Waals surface area contributed by atoms with Crippen molar-refractivity contribution in [1.82, 2.24) is 0 Å². The van der Waals surface area contributed by atoms with Crippen LogP contribution in [0.15, 0.2) is 11.1 Å². The largest absolute Gasteiger partial charge is 0.392 e. The number of ether oxygens (including phenoxy) is 1. The van der Waals surface area contributed by atoms with E-state index >= 15 is 0 Å². The fraction of sp³-hybridized carbons (Fsp3) is 0.818. The highest BCUT2D eigenvalue weighted by molar-refractivity contribution is 6.11. The number of rotatable bonds is 1. The van der Waals surface area contributed by atoms with E-state index in [0.29, 0.717) is 0 Å². The van der Waals surface area contributed by atoms with Gasteiger partial charge in [-0.25, -0.2) is 0 Å². The van der Waals surface area contributed by atoms with Gasteiger partial charge >= 0.3 is 0 Å². The SMILES string of the molecule is [B][C@H]1CC(C)=C(CO)[C@@H](C(C)(C)C)O1.